The maximum atomic E-state index is 9.19. The van der Waals surface area contributed by atoms with Gasteiger partial charge >= 0.3 is 0 Å². The van der Waals surface area contributed by atoms with Gasteiger partial charge in [0.25, 0.3) is 0 Å². The van der Waals surface area contributed by atoms with Crippen LogP contribution in [0.3, 0.4) is 0 Å². The topological polar surface area (TPSA) is 60.0 Å². The van der Waals surface area contributed by atoms with Crippen molar-refractivity contribution in [3.8, 4) is 17.2 Å². The quantitative estimate of drug-likeness (QED) is 0.750. The monoisotopic (exact) mass is 269 g/mol. The van der Waals surface area contributed by atoms with Gasteiger partial charge < -0.3 is 24.6 Å². The van der Waals surface area contributed by atoms with Crippen LogP contribution in [0, 0.1) is 0 Å². The second kappa shape index (κ2) is 7.86. The fourth-order valence-electron chi connectivity index (χ4n) is 1.84. The van der Waals surface area contributed by atoms with E-state index < -0.39 is 0 Å². The summed E-state index contributed by atoms with van der Waals surface area (Å²) < 4.78 is 15.9. The Labute approximate surface area is 114 Å². The molecule has 19 heavy (non-hydrogen) atoms. The predicted octanol–water partition coefficient (Wildman–Crippen LogP) is 1.57. The Balaban J connectivity index is 2.96. The van der Waals surface area contributed by atoms with Gasteiger partial charge in [-0.05, 0) is 6.42 Å². The zero-order valence-electron chi connectivity index (χ0n) is 12.0. The first-order valence-electron chi connectivity index (χ1n) is 6.33. The Morgan fingerprint density at radius 2 is 1.68 bits per heavy atom. The molecule has 0 bridgehead atoms. The highest BCUT2D eigenvalue weighted by molar-refractivity contribution is 5.50. The normalized spacial score (nSPS) is 12.1. The second-order valence-corrected chi connectivity index (χ2v) is 4.18. The minimum atomic E-state index is 0.0662. The number of hydrogen-bond donors (Lipinski definition) is 2. The molecular formula is C14H23NO4. The van der Waals surface area contributed by atoms with Gasteiger partial charge in [-0.3, -0.25) is 0 Å². The summed E-state index contributed by atoms with van der Waals surface area (Å²) >= 11 is 0. The number of nitrogens with one attached hydrogen (secondary N) is 1. The molecule has 5 heteroatoms. The molecule has 0 unspecified atom stereocenters. The fraction of sp³-hybridized carbons (Fsp3) is 0.571. The first-order chi connectivity index (χ1) is 9.19. The Morgan fingerprint density at radius 3 is 2.05 bits per heavy atom. The largest absolute Gasteiger partial charge is 0.496 e. The number of aliphatic hydroxyl groups is 1. The van der Waals surface area contributed by atoms with Gasteiger partial charge in [0.2, 0.25) is 0 Å². The van der Waals surface area contributed by atoms with Gasteiger partial charge in [0.05, 0.1) is 33.5 Å². The van der Waals surface area contributed by atoms with Crippen molar-refractivity contribution in [2.24, 2.45) is 0 Å². The SMILES string of the molecule is CC[C@H](CO)NCc1c(OC)cc(OC)cc1OC. The number of benzene rings is 1. The minimum Gasteiger partial charge on any atom is -0.496 e. The number of methoxy groups -OCH3 is 3. The van der Waals surface area contributed by atoms with Gasteiger partial charge in [0.15, 0.2) is 0 Å². The maximum absolute atomic E-state index is 9.19. The Morgan fingerprint density at radius 1 is 1.11 bits per heavy atom. The molecule has 1 aromatic rings. The first kappa shape index (κ1) is 15.6. The van der Waals surface area contributed by atoms with E-state index in [2.05, 4.69) is 5.32 Å². The lowest BCUT2D eigenvalue weighted by atomic mass is 10.1. The standard InChI is InChI=1S/C14H23NO4/c1-5-10(9-16)15-8-12-13(18-3)6-11(17-2)7-14(12)19-4/h6-7,10,15-16H,5,8-9H2,1-4H3/t10-/m1/s1. The lowest BCUT2D eigenvalue weighted by Gasteiger charge is -2.18. The van der Waals surface area contributed by atoms with Crippen molar-refractivity contribution in [1.82, 2.24) is 5.32 Å². The average Bonchev–Trinajstić information content (AvgIpc) is 2.47. The van der Waals surface area contributed by atoms with Gasteiger partial charge in [-0.15, -0.1) is 0 Å². The third-order valence-corrected chi connectivity index (χ3v) is 3.10. The van der Waals surface area contributed by atoms with E-state index in [1.165, 1.54) is 0 Å². The molecule has 5 nitrogen and oxygen atoms in total. The zero-order valence-corrected chi connectivity index (χ0v) is 12.0. The molecule has 108 valence electrons. The second-order valence-electron chi connectivity index (χ2n) is 4.18. The van der Waals surface area contributed by atoms with Gasteiger partial charge in [-0.2, -0.15) is 0 Å². The van der Waals surface area contributed by atoms with Crippen LogP contribution < -0.4 is 19.5 Å². The first-order valence-corrected chi connectivity index (χ1v) is 6.33. The van der Waals surface area contributed by atoms with Gasteiger partial charge in [-0.1, -0.05) is 6.92 Å². The van der Waals surface area contributed by atoms with E-state index in [1.54, 1.807) is 21.3 Å². The molecule has 2 N–H and O–H groups in total. The van der Waals surface area contributed by atoms with Crippen LogP contribution in [0.4, 0.5) is 0 Å². The molecule has 0 saturated heterocycles. The highest BCUT2D eigenvalue weighted by Crippen LogP contribution is 2.33. The third kappa shape index (κ3) is 4.01. The van der Waals surface area contributed by atoms with E-state index in [-0.39, 0.29) is 12.6 Å². The molecule has 0 fully saturated rings. The third-order valence-electron chi connectivity index (χ3n) is 3.10. The predicted molar refractivity (Wildman–Crippen MR) is 74.1 cm³/mol. The average molecular weight is 269 g/mol. The van der Waals surface area contributed by atoms with Crippen LogP contribution in [-0.2, 0) is 6.54 Å². The Hall–Kier alpha value is -1.46. The summed E-state index contributed by atoms with van der Waals surface area (Å²) in [6.07, 6.45) is 0.858. The molecule has 0 spiro atoms. The Bertz CT molecular complexity index is 366. The summed E-state index contributed by atoms with van der Waals surface area (Å²) in [5.74, 6) is 2.10. The van der Waals surface area contributed by atoms with E-state index in [0.717, 1.165) is 12.0 Å². The van der Waals surface area contributed by atoms with Crippen molar-refractivity contribution >= 4 is 0 Å². The van der Waals surface area contributed by atoms with Crippen LogP contribution in [0.25, 0.3) is 0 Å². The lowest BCUT2D eigenvalue weighted by molar-refractivity contribution is 0.237. The smallest absolute Gasteiger partial charge is 0.130 e. The number of ether oxygens (including phenoxy) is 3. The Kier molecular flexibility index (Phi) is 6.45. The maximum Gasteiger partial charge on any atom is 0.130 e. The molecule has 0 radical (unpaired) electrons. The minimum absolute atomic E-state index is 0.0662. The van der Waals surface area contributed by atoms with Crippen LogP contribution in [0.5, 0.6) is 17.2 Å². The van der Waals surface area contributed by atoms with Crippen LogP contribution in [0.1, 0.15) is 18.9 Å². The molecule has 0 aliphatic heterocycles. The van der Waals surface area contributed by atoms with Crippen molar-refractivity contribution < 1.29 is 19.3 Å². The van der Waals surface area contributed by atoms with Crippen LogP contribution in [-0.4, -0.2) is 39.1 Å². The summed E-state index contributed by atoms with van der Waals surface area (Å²) in [5.41, 5.74) is 0.915. The van der Waals surface area contributed by atoms with Gasteiger partial charge in [-0.25, -0.2) is 0 Å². The van der Waals surface area contributed by atoms with Crippen LogP contribution in [0.2, 0.25) is 0 Å². The molecule has 0 aliphatic carbocycles. The van der Waals surface area contributed by atoms with Gasteiger partial charge in [0, 0.05) is 24.7 Å². The summed E-state index contributed by atoms with van der Waals surface area (Å²) in [6.45, 7) is 2.70. The van der Waals surface area contributed by atoms with Crippen molar-refractivity contribution in [3.63, 3.8) is 0 Å². The van der Waals surface area contributed by atoms with Crippen molar-refractivity contribution in [2.75, 3.05) is 27.9 Å². The van der Waals surface area contributed by atoms with Gasteiger partial charge in [0.1, 0.15) is 17.2 Å². The van der Waals surface area contributed by atoms with Crippen LogP contribution >= 0.6 is 0 Å². The molecule has 1 rings (SSSR count). The highest BCUT2D eigenvalue weighted by atomic mass is 16.5. The van der Waals surface area contributed by atoms with Crippen molar-refractivity contribution in [2.45, 2.75) is 25.9 Å². The van der Waals surface area contributed by atoms with E-state index in [0.29, 0.717) is 23.8 Å². The molecule has 1 atom stereocenters. The lowest BCUT2D eigenvalue weighted by Crippen LogP contribution is -2.31. The number of rotatable bonds is 8. The van der Waals surface area contributed by atoms with Crippen molar-refractivity contribution in [3.05, 3.63) is 17.7 Å². The molecule has 0 heterocycles. The van der Waals surface area contributed by atoms with Crippen LogP contribution in [0.15, 0.2) is 12.1 Å². The summed E-state index contributed by atoms with van der Waals surface area (Å²) in [5, 5.41) is 12.5. The molecule has 1 aromatic carbocycles. The fourth-order valence-corrected chi connectivity index (χ4v) is 1.84. The molecule has 0 aliphatic rings. The summed E-state index contributed by atoms with van der Waals surface area (Å²) in [7, 11) is 4.83. The molecule has 0 amide bonds. The zero-order chi connectivity index (χ0) is 14.3. The van der Waals surface area contributed by atoms with E-state index in [1.807, 2.05) is 19.1 Å². The summed E-state index contributed by atoms with van der Waals surface area (Å²) in [6, 6.07) is 3.70. The number of aliphatic hydroxyl groups excluding tert-OH is 1. The van der Waals surface area contributed by atoms with E-state index in [9.17, 15) is 5.11 Å². The molecular weight excluding hydrogens is 246 g/mol. The number of hydrogen-bond acceptors (Lipinski definition) is 5. The summed E-state index contributed by atoms with van der Waals surface area (Å²) in [4.78, 5) is 0. The van der Waals surface area contributed by atoms with E-state index >= 15 is 0 Å². The molecule has 0 aromatic heterocycles. The van der Waals surface area contributed by atoms with E-state index in [4.69, 9.17) is 14.2 Å². The molecule has 0 saturated carbocycles. The highest BCUT2D eigenvalue weighted by Gasteiger charge is 2.14. The van der Waals surface area contributed by atoms with Crippen molar-refractivity contribution in [1.29, 1.82) is 0 Å².